The Morgan fingerprint density at radius 1 is 1.31 bits per heavy atom. The first-order valence-corrected chi connectivity index (χ1v) is 4.72. The molecule has 1 aromatic carbocycles. The summed E-state index contributed by atoms with van der Waals surface area (Å²) in [5.41, 5.74) is 1.87. The van der Waals surface area contributed by atoms with Crippen molar-refractivity contribution in [2.24, 2.45) is 7.05 Å². The van der Waals surface area contributed by atoms with E-state index in [2.05, 4.69) is 11.7 Å². The van der Waals surface area contributed by atoms with Gasteiger partial charge in [0.25, 0.3) is 0 Å². The highest BCUT2D eigenvalue weighted by molar-refractivity contribution is 5.74. The van der Waals surface area contributed by atoms with E-state index in [9.17, 15) is 8.78 Å². The molecule has 2 aromatic rings. The zero-order valence-electron chi connectivity index (χ0n) is 8.74. The van der Waals surface area contributed by atoms with Gasteiger partial charge in [-0.2, -0.15) is 5.10 Å². The van der Waals surface area contributed by atoms with Crippen LogP contribution in [0.3, 0.4) is 0 Å². The third-order valence-electron chi connectivity index (χ3n) is 2.33. The van der Waals surface area contributed by atoms with Crippen molar-refractivity contribution in [1.29, 1.82) is 0 Å². The van der Waals surface area contributed by atoms with E-state index in [1.165, 1.54) is 6.08 Å². The van der Waals surface area contributed by atoms with Gasteiger partial charge in [0.1, 0.15) is 0 Å². The van der Waals surface area contributed by atoms with Gasteiger partial charge in [0.2, 0.25) is 0 Å². The Balaban J connectivity index is 2.63. The molecule has 0 aliphatic carbocycles. The molecule has 1 heterocycles. The first-order chi connectivity index (χ1) is 7.61. The van der Waals surface area contributed by atoms with Crippen molar-refractivity contribution < 1.29 is 8.78 Å². The Kier molecular flexibility index (Phi) is 2.56. The lowest BCUT2D eigenvalue weighted by atomic mass is 10.0. The summed E-state index contributed by atoms with van der Waals surface area (Å²) in [6.07, 6.45) is 4.82. The summed E-state index contributed by atoms with van der Waals surface area (Å²) in [5.74, 6) is -1.74. The van der Waals surface area contributed by atoms with Gasteiger partial charge in [-0.3, -0.25) is 4.68 Å². The first kappa shape index (κ1) is 10.5. The molecule has 4 heteroatoms. The van der Waals surface area contributed by atoms with E-state index in [0.717, 1.165) is 17.7 Å². The molecule has 1 aromatic heterocycles. The van der Waals surface area contributed by atoms with Gasteiger partial charge in [-0.15, -0.1) is 0 Å². The van der Waals surface area contributed by atoms with Crippen molar-refractivity contribution in [3.05, 3.63) is 48.3 Å². The molecule has 0 aliphatic rings. The van der Waals surface area contributed by atoms with E-state index in [1.807, 2.05) is 0 Å². The predicted octanol–water partition coefficient (Wildman–Crippen LogP) is 3.01. The van der Waals surface area contributed by atoms with Crippen LogP contribution in [0.25, 0.3) is 17.2 Å². The number of nitrogens with zero attached hydrogens (tertiary/aromatic N) is 2. The van der Waals surface area contributed by atoms with Crippen molar-refractivity contribution in [1.82, 2.24) is 9.78 Å². The second-order valence-electron chi connectivity index (χ2n) is 3.46. The maximum atomic E-state index is 13.2. The van der Waals surface area contributed by atoms with E-state index >= 15 is 0 Å². The summed E-state index contributed by atoms with van der Waals surface area (Å²) in [5, 5.41) is 3.99. The summed E-state index contributed by atoms with van der Waals surface area (Å²) in [4.78, 5) is 0. The molecule has 0 atom stereocenters. The van der Waals surface area contributed by atoms with Crippen LogP contribution in [0.4, 0.5) is 8.78 Å². The lowest BCUT2D eigenvalue weighted by molar-refractivity contribution is 0.509. The fraction of sp³-hybridized carbons (Fsp3) is 0.0833. The number of halogens is 2. The molecule has 0 spiro atoms. The van der Waals surface area contributed by atoms with Crippen molar-refractivity contribution in [2.45, 2.75) is 0 Å². The molecule has 16 heavy (non-hydrogen) atoms. The minimum atomic E-state index is -0.873. The molecule has 0 saturated carbocycles. The molecule has 2 nitrogen and oxygen atoms in total. The monoisotopic (exact) mass is 220 g/mol. The maximum absolute atomic E-state index is 13.2. The van der Waals surface area contributed by atoms with Crippen molar-refractivity contribution >= 4 is 6.08 Å². The standard InChI is InChI=1S/C12H10F2N2/c1-3-8-4-11(13)12(14)5-10(8)9-6-15-16(2)7-9/h3-7H,1H2,2H3. The van der Waals surface area contributed by atoms with Crippen LogP contribution < -0.4 is 0 Å². The molecule has 0 radical (unpaired) electrons. The largest absolute Gasteiger partial charge is 0.275 e. The van der Waals surface area contributed by atoms with Gasteiger partial charge in [0, 0.05) is 18.8 Å². The van der Waals surface area contributed by atoms with Crippen LogP contribution in [0.5, 0.6) is 0 Å². The number of hydrogen-bond donors (Lipinski definition) is 0. The Morgan fingerprint density at radius 3 is 2.56 bits per heavy atom. The van der Waals surface area contributed by atoms with E-state index in [1.54, 1.807) is 24.1 Å². The van der Waals surface area contributed by atoms with Crippen molar-refractivity contribution in [2.75, 3.05) is 0 Å². The predicted molar refractivity (Wildman–Crippen MR) is 58.7 cm³/mol. The van der Waals surface area contributed by atoms with Gasteiger partial charge in [0.05, 0.1) is 6.20 Å². The topological polar surface area (TPSA) is 17.8 Å². The second kappa shape index (κ2) is 3.89. The van der Waals surface area contributed by atoms with Crippen LogP contribution in [0.15, 0.2) is 31.1 Å². The Labute approximate surface area is 91.8 Å². The average molecular weight is 220 g/mol. The summed E-state index contributed by atoms with van der Waals surface area (Å²) < 4.78 is 27.8. The molecular weight excluding hydrogens is 210 g/mol. The molecule has 2 rings (SSSR count). The van der Waals surface area contributed by atoms with Crippen LogP contribution in [0.2, 0.25) is 0 Å². The fourth-order valence-corrected chi connectivity index (χ4v) is 1.54. The number of rotatable bonds is 2. The fourth-order valence-electron chi connectivity index (χ4n) is 1.54. The van der Waals surface area contributed by atoms with Gasteiger partial charge in [0.15, 0.2) is 11.6 Å². The van der Waals surface area contributed by atoms with Crippen LogP contribution in [0.1, 0.15) is 5.56 Å². The Bertz CT molecular complexity index is 544. The normalized spacial score (nSPS) is 10.4. The third kappa shape index (κ3) is 1.74. The van der Waals surface area contributed by atoms with Gasteiger partial charge in [-0.1, -0.05) is 12.7 Å². The van der Waals surface area contributed by atoms with Gasteiger partial charge in [-0.25, -0.2) is 8.78 Å². The highest BCUT2D eigenvalue weighted by atomic mass is 19.2. The van der Waals surface area contributed by atoms with Crippen LogP contribution >= 0.6 is 0 Å². The molecule has 0 unspecified atom stereocenters. The van der Waals surface area contributed by atoms with E-state index in [4.69, 9.17) is 0 Å². The molecular formula is C12H10F2N2. The van der Waals surface area contributed by atoms with Crippen molar-refractivity contribution in [3.8, 4) is 11.1 Å². The Morgan fingerprint density at radius 2 is 2.00 bits per heavy atom. The van der Waals surface area contributed by atoms with Gasteiger partial charge < -0.3 is 0 Å². The quantitative estimate of drug-likeness (QED) is 0.760. The SMILES string of the molecule is C=Cc1cc(F)c(F)cc1-c1cnn(C)c1. The Hall–Kier alpha value is -1.97. The molecule has 0 amide bonds. The molecule has 0 fully saturated rings. The van der Waals surface area contributed by atoms with Crippen LogP contribution in [0, 0.1) is 11.6 Å². The number of benzene rings is 1. The highest BCUT2D eigenvalue weighted by Crippen LogP contribution is 2.26. The number of aryl methyl sites for hydroxylation is 1. The second-order valence-corrected chi connectivity index (χ2v) is 3.46. The molecule has 0 bridgehead atoms. The molecule has 0 aliphatic heterocycles. The lowest BCUT2D eigenvalue weighted by Crippen LogP contribution is -1.89. The smallest absolute Gasteiger partial charge is 0.159 e. The van der Waals surface area contributed by atoms with E-state index in [-0.39, 0.29) is 0 Å². The minimum absolute atomic E-state index is 0.548. The molecule has 0 N–H and O–H groups in total. The first-order valence-electron chi connectivity index (χ1n) is 4.72. The third-order valence-corrected chi connectivity index (χ3v) is 2.33. The summed E-state index contributed by atoms with van der Waals surface area (Å²) in [6.45, 7) is 3.58. The van der Waals surface area contributed by atoms with Gasteiger partial charge in [-0.05, 0) is 23.3 Å². The van der Waals surface area contributed by atoms with Crippen LogP contribution in [-0.4, -0.2) is 9.78 Å². The summed E-state index contributed by atoms with van der Waals surface area (Å²) >= 11 is 0. The zero-order valence-corrected chi connectivity index (χ0v) is 8.74. The average Bonchev–Trinajstić information content (AvgIpc) is 2.68. The van der Waals surface area contributed by atoms with E-state index < -0.39 is 11.6 Å². The van der Waals surface area contributed by atoms with E-state index in [0.29, 0.717) is 11.1 Å². The zero-order chi connectivity index (χ0) is 11.7. The molecule has 0 saturated heterocycles. The lowest BCUT2D eigenvalue weighted by Gasteiger charge is -2.04. The highest BCUT2D eigenvalue weighted by Gasteiger charge is 2.10. The summed E-state index contributed by atoms with van der Waals surface area (Å²) in [6, 6.07) is 2.29. The summed E-state index contributed by atoms with van der Waals surface area (Å²) in [7, 11) is 1.76. The minimum Gasteiger partial charge on any atom is -0.275 e. The maximum Gasteiger partial charge on any atom is 0.159 e. The van der Waals surface area contributed by atoms with Crippen molar-refractivity contribution in [3.63, 3.8) is 0 Å². The number of hydrogen-bond acceptors (Lipinski definition) is 1. The van der Waals surface area contributed by atoms with Crippen LogP contribution in [-0.2, 0) is 7.05 Å². The van der Waals surface area contributed by atoms with Gasteiger partial charge >= 0.3 is 0 Å². The molecule has 82 valence electrons. The number of aromatic nitrogens is 2.